The van der Waals surface area contributed by atoms with Gasteiger partial charge in [-0.1, -0.05) is 0 Å². The molecular weight excluding hydrogens is 238 g/mol. The van der Waals surface area contributed by atoms with Crippen molar-refractivity contribution in [3.8, 4) is 0 Å². The van der Waals surface area contributed by atoms with Gasteiger partial charge in [0.15, 0.2) is 0 Å². The first kappa shape index (κ1) is 12.8. The monoisotopic (exact) mass is 251 g/mol. The minimum Gasteiger partial charge on any atom is -0.373 e. The number of aryl methyl sites for hydroxylation is 1. The van der Waals surface area contributed by atoms with Gasteiger partial charge in [-0.2, -0.15) is 0 Å². The van der Waals surface area contributed by atoms with Crippen LogP contribution in [0.3, 0.4) is 0 Å². The van der Waals surface area contributed by atoms with Crippen molar-refractivity contribution >= 4 is 34.7 Å². The van der Waals surface area contributed by atoms with E-state index in [0.29, 0.717) is 5.69 Å². The number of hydrazone groups is 1. The molecule has 0 spiro atoms. The summed E-state index contributed by atoms with van der Waals surface area (Å²) in [6, 6.07) is 5.33. The molecule has 0 aromatic heterocycles. The molecule has 7 nitrogen and oxygen atoms in total. The second kappa shape index (κ2) is 5.75. The van der Waals surface area contributed by atoms with Gasteiger partial charge in [-0.25, -0.2) is 0 Å². The van der Waals surface area contributed by atoms with Crippen LogP contribution < -0.4 is 22.6 Å². The van der Waals surface area contributed by atoms with Gasteiger partial charge in [0, 0.05) is 0 Å². The third-order valence-corrected chi connectivity index (χ3v) is 1.85. The summed E-state index contributed by atoms with van der Waals surface area (Å²) in [5.41, 5.74) is 20.6. The summed E-state index contributed by atoms with van der Waals surface area (Å²) >= 11 is 4.59. The van der Waals surface area contributed by atoms with Crippen molar-refractivity contribution in [2.24, 2.45) is 32.5 Å². The minimum absolute atomic E-state index is 0.00731. The zero-order valence-corrected chi connectivity index (χ0v) is 10.0. The number of anilines is 1. The van der Waals surface area contributed by atoms with Crippen LogP contribution in [0.15, 0.2) is 33.5 Å². The first-order valence-corrected chi connectivity index (χ1v) is 5.06. The second-order valence-corrected chi connectivity index (χ2v) is 3.61. The molecule has 0 saturated heterocycles. The van der Waals surface area contributed by atoms with Crippen LogP contribution in [0.25, 0.3) is 0 Å². The smallest absolute Gasteiger partial charge is 0.211 e. The minimum atomic E-state index is -0.0418. The SMILES string of the molecule is Cc1cc(NN=C(N)N)ccc1N=NC(N)=S. The van der Waals surface area contributed by atoms with Crippen LogP contribution in [0.1, 0.15) is 5.56 Å². The van der Waals surface area contributed by atoms with E-state index in [-0.39, 0.29) is 11.1 Å². The Hall–Kier alpha value is -2.22. The standard InChI is InChI=1S/C9H13N7S/c1-5-4-6(13-15-8(10)11)2-3-7(5)14-16-9(12)17/h2-4,13H,1H3,(H2,12,17)(H4,10,11,15). The van der Waals surface area contributed by atoms with E-state index >= 15 is 0 Å². The average Bonchev–Trinajstić information content (AvgIpc) is 2.24. The fourth-order valence-corrected chi connectivity index (χ4v) is 1.11. The Morgan fingerprint density at radius 1 is 1.29 bits per heavy atom. The van der Waals surface area contributed by atoms with Gasteiger partial charge in [-0.15, -0.1) is 15.3 Å². The van der Waals surface area contributed by atoms with E-state index in [1.54, 1.807) is 12.1 Å². The molecule has 0 fully saturated rings. The zero-order chi connectivity index (χ0) is 12.8. The maximum atomic E-state index is 5.21. The van der Waals surface area contributed by atoms with E-state index in [2.05, 4.69) is 33.0 Å². The fourth-order valence-electron chi connectivity index (χ4n) is 1.07. The van der Waals surface area contributed by atoms with Gasteiger partial charge < -0.3 is 17.2 Å². The molecule has 1 aromatic carbocycles. The Morgan fingerprint density at radius 3 is 2.53 bits per heavy atom. The summed E-state index contributed by atoms with van der Waals surface area (Å²) in [7, 11) is 0. The van der Waals surface area contributed by atoms with E-state index < -0.39 is 0 Å². The van der Waals surface area contributed by atoms with Crippen molar-refractivity contribution in [2.45, 2.75) is 6.92 Å². The molecular formula is C9H13N7S. The highest BCUT2D eigenvalue weighted by Crippen LogP contribution is 2.22. The van der Waals surface area contributed by atoms with Gasteiger partial charge in [0.1, 0.15) is 0 Å². The van der Waals surface area contributed by atoms with Crippen LogP contribution >= 0.6 is 12.2 Å². The molecule has 0 amide bonds. The van der Waals surface area contributed by atoms with Gasteiger partial charge in [0.25, 0.3) is 0 Å². The van der Waals surface area contributed by atoms with Crippen LogP contribution in [0.4, 0.5) is 11.4 Å². The summed E-state index contributed by atoms with van der Waals surface area (Å²) in [5.74, 6) is -0.0418. The maximum absolute atomic E-state index is 5.21. The maximum Gasteiger partial charge on any atom is 0.211 e. The van der Waals surface area contributed by atoms with E-state index in [1.807, 2.05) is 13.0 Å². The Morgan fingerprint density at radius 2 is 2.00 bits per heavy atom. The van der Waals surface area contributed by atoms with E-state index in [1.165, 1.54) is 0 Å². The first-order chi connectivity index (χ1) is 7.99. The summed E-state index contributed by atoms with van der Waals surface area (Å²) < 4.78 is 0. The zero-order valence-electron chi connectivity index (χ0n) is 9.21. The summed E-state index contributed by atoms with van der Waals surface area (Å²) in [4.78, 5) is 0. The van der Waals surface area contributed by atoms with Gasteiger partial charge in [-0.05, 0) is 42.9 Å². The Balaban J connectivity index is 2.86. The molecule has 0 radical (unpaired) electrons. The molecule has 0 aliphatic rings. The number of guanidine groups is 1. The van der Waals surface area contributed by atoms with Crippen LogP contribution in [0.5, 0.6) is 0 Å². The number of nitrogens with two attached hydrogens (primary N) is 3. The molecule has 90 valence electrons. The number of benzene rings is 1. The topological polar surface area (TPSA) is 127 Å². The van der Waals surface area contributed by atoms with Crippen molar-refractivity contribution < 1.29 is 0 Å². The quantitative estimate of drug-likeness (QED) is 0.209. The molecule has 0 unspecified atom stereocenters. The number of hydrogen-bond donors (Lipinski definition) is 4. The van der Waals surface area contributed by atoms with Crippen molar-refractivity contribution in [2.75, 3.05) is 5.43 Å². The number of rotatable bonds is 3. The second-order valence-electron chi connectivity index (χ2n) is 3.19. The van der Waals surface area contributed by atoms with Crippen molar-refractivity contribution in [1.82, 2.24) is 0 Å². The highest BCUT2D eigenvalue weighted by molar-refractivity contribution is 7.80. The van der Waals surface area contributed by atoms with Gasteiger partial charge in [0.2, 0.25) is 11.1 Å². The molecule has 0 aliphatic heterocycles. The molecule has 1 rings (SSSR count). The highest BCUT2D eigenvalue weighted by Gasteiger charge is 1.98. The highest BCUT2D eigenvalue weighted by atomic mass is 32.1. The molecule has 7 N–H and O–H groups in total. The van der Waals surface area contributed by atoms with E-state index in [0.717, 1.165) is 11.3 Å². The van der Waals surface area contributed by atoms with Gasteiger partial charge in [-0.3, -0.25) is 5.43 Å². The number of nitrogens with zero attached hydrogens (tertiary/aromatic N) is 3. The Bertz CT molecular complexity index is 476. The lowest BCUT2D eigenvalue weighted by Gasteiger charge is -2.03. The molecule has 0 saturated carbocycles. The molecule has 0 bridgehead atoms. The number of hydrogen-bond acceptors (Lipinski definition) is 4. The van der Waals surface area contributed by atoms with Crippen molar-refractivity contribution in [3.63, 3.8) is 0 Å². The van der Waals surface area contributed by atoms with Gasteiger partial charge >= 0.3 is 0 Å². The van der Waals surface area contributed by atoms with Gasteiger partial charge in [0.05, 0.1) is 11.4 Å². The van der Waals surface area contributed by atoms with Crippen LogP contribution in [-0.2, 0) is 0 Å². The van der Waals surface area contributed by atoms with Crippen LogP contribution in [-0.4, -0.2) is 11.1 Å². The molecule has 0 heterocycles. The van der Waals surface area contributed by atoms with Crippen LogP contribution in [0.2, 0.25) is 0 Å². The predicted molar refractivity (Wildman–Crippen MR) is 71.9 cm³/mol. The fraction of sp³-hybridized carbons (Fsp3) is 0.111. The summed E-state index contributed by atoms with van der Waals surface area (Å²) in [6.45, 7) is 1.87. The lowest BCUT2D eigenvalue weighted by Crippen LogP contribution is -2.23. The molecule has 0 aliphatic carbocycles. The lowest BCUT2D eigenvalue weighted by molar-refractivity contribution is 1.23. The molecule has 1 aromatic rings. The molecule has 0 atom stereocenters. The van der Waals surface area contributed by atoms with Crippen LogP contribution in [0, 0.1) is 6.92 Å². The van der Waals surface area contributed by atoms with E-state index in [9.17, 15) is 0 Å². The number of azo groups is 1. The normalized spacial score (nSPS) is 10.2. The van der Waals surface area contributed by atoms with Crippen molar-refractivity contribution in [3.05, 3.63) is 23.8 Å². The third-order valence-electron chi connectivity index (χ3n) is 1.77. The lowest BCUT2D eigenvalue weighted by atomic mass is 10.2. The largest absolute Gasteiger partial charge is 0.373 e. The first-order valence-electron chi connectivity index (χ1n) is 4.65. The Kier molecular flexibility index (Phi) is 4.35. The van der Waals surface area contributed by atoms with E-state index in [4.69, 9.17) is 17.2 Å². The number of thiocarbonyl (C=S) groups is 1. The summed E-state index contributed by atoms with van der Waals surface area (Å²) in [5, 5.41) is 11.2. The Labute approximate surface area is 104 Å². The summed E-state index contributed by atoms with van der Waals surface area (Å²) in [6.07, 6.45) is 0. The average molecular weight is 251 g/mol. The molecule has 8 heteroatoms. The predicted octanol–water partition coefficient (Wildman–Crippen LogP) is 0.923. The third kappa shape index (κ3) is 4.43. The number of nitrogens with one attached hydrogen (secondary N) is 1. The van der Waals surface area contributed by atoms with Crippen molar-refractivity contribution in [1.29, 1.82) is 0 Å². The molecule has 17 heavy (non-hydrogen) atoms.